The van der Waals surface area contributed by atoms with Crippen LogP contribution in [-0.4, -0.2) is 6.18 Å². The summed E-state index contributed by atoms with van der Waals surface area (Å²) in [6.45, 7) is 14.0. The monoisotopic (exact) mass is 282 g/mol. The molecule has 0 amide bonds. The molecule has 0 nitrogen and oxygen atoms in total. The Morgan fingerprint density at radius 1 is 1.11 bits per heavy atom. The van der Waals surface area contributed by atoms with Crippen LogP contribution in [0.25, 0.3) is 0 Å². The number of hydrogen-bond donors (Lipinski definition) is 0. The van der Waals surface area contributed by atoms with Gasteiger partial charge in [0.1, 0.15) is 5.83 Å². The lowest BCUT2D eigenvalue weighted by Crippen LogP contribution is -2.11. The molecule has 0 bridgehead atoms. The van der Waals surface area contributed by atoms with Crippen molar-refractivity contribution in [2.24, 2.45) is 0 Å². The fourth-order valence-corrected chi connectivity index (χ4v) is 1.08. The van der Waals surface area contributed by atoms with Gasteiger partial charge in [0.2, 0.25) is 0 Å². The Morgan fingerprint density at radius 3 is 1.74 bits per heavy atom. The van der Waals surface area contributed by atoms with E-state index in [-0.39, 0.29) is 0 Å². The fraction of sp³-hybridized carbons (Fsp3) is 0.600. The normalized spacial score (nSPS) is 12.4. The third kappa shape index (κ3) is 11.7. The minimum absolute atomic E-state index is 0.391. The van der Waals surface area contributed by atoms with Crippen molar-refractivity contribution >= 4 is 0 Å². The van der Waals surface area contributed by atoms with Crippen LogP contribution in [0.5, 0.6) is 0 Å². The molecule has 114 valence electrons. The Labute approximate surface area is 114 Å². The largest absolute Gasteiger partial charge is 0.418 e. The van der Waals surface area contributed by atoms with Gasteiger partial charge < -0.3 is 0 Å². The average molecular weight is 282 g/mol. The summed E-state index contributed by atoms with van der Waals surface area (Å²) in [6, 6.07) is 0. The van der Waals surface area contributed by atoms with Crippen LogP contribution >= 0.6 is 0 Å². The predicted molar refractivity (Wildman–Crippen MR) is 75.7 cm³/mol. The van der Waals surface area contributed by atoms with Gasteiger partial charge in [-0.1, -0.05) is 53.7 Å². The molecule has 0 aliphatic rings. The van der Waals surface area contributed by atoms with Crippen LogP contribution in [0, 0.1) is 0 Å². The van der Waals surface area contributed by atoms with Gasteiger partial charge in [-0.15, -0.1) is 0 Å². The lowest BCUT2D eigenvalue weighted by Gasteiger charge is -2.09. The molecule has 0 atom stereocenters. The van der Waals surface area contributed by atoms with E-state index >= 15 is 0 Å². The first kappa shape index (κ1) is 23.1. The Hall–Kier alpha value is -1.06. The quantitative estimate of drug-likeness (QED) is 0.395. The van der Waals surface area contributed by atoms with E-state index in [9.17, 15) is 17.6 Å². The molecule has 19 heavy (non-hydrogen) atoms. The maximum atomic E-state index is 12.7. The molecule has 0 aliphatic heterocycles. The molecule has 0 fully saturated rings. The van der Waals surface area contributed by atoms with Gasteiger partial charge in [0.05, 0.1) is 5.57 Å². The maximum absolute atomic E-state index is 12.7. The predicted octanol–water partition coefficient (Wildman–Crippen LogP) is 6.76. The van der Waals surface area contributed by atoms with Gasteiger partial charge in [-0.2, -0.15) is 13.2 Å². The minimum Gasteiger partial charge on any atom is -0.211 e. The van der Waals surface area contributed by atoms with Gasteiger partial charge in [-0.05, 0) is 25.0 Å². The standard InChI is InChI=1S/C11H14F4.2C2H6/c1-4-6-9(5-2)7-10(8(3)12)11(13,14)15;2*1-2/h5,7H,2,4,6H2,1,3H3;2*1-2H3/b9-7+,10-8-;;. The number of allylic oxidation sites excluding steroid dienone is 5. The van der Waals surface area contributed by atoms with Crippen LogP contribution in [0.1, 0.15) is 54.4 Å². The van der Waals surface area contributed by atoms with Crippen molar-refractivity contribution in [3.05, 3.63) is 35.7 Å². The molecule has 0 heterocycles. The first-order valence-corrected chi connectivity index (χ1v) is 6.59. The molecule has 0 unspecified atom stereocenters. The third-order valence-electron chi connectivity index (χ3n) is 1.81. The van der Waals surface area contributed by atoms with Crippen molar-refractivity contribution in [3.63, 3.8) is 0 Å². The molecule has 0 saturated carbocycles. The Balaban J connectivity index is -0.000000579. The SMILES string of the molecule is C=C/C(=C\C(=C(/C)F)C(F)(F)F)CCC.CC.CC. The molecule has 0 aromatic carbocycles. The molecule has 0 rings (SSSR count). The topological polar surface area (TPSA) is 0 Å². The fourth-order valence-electron chi connectivity index (χ4n) is 1.08. The number of rotatable bonds is 4. The lowest BCUT2D eigenvalue weighted by atomic mass is 10.1. The van der Waals surface area contributed by atoms with E-state index in [1.165, 1.54) is 6.08 Å². The van der Waals surface area contributed by atoms with Crippen LogP contribution < -0.4 is 0 Å². The number of halogens is 4. The molecule has 0 aromatic heterocycles. The summed E-state index contributed by atoms with van der Waals surface area (Å²) in [7, 11) is 0. The van der Waals surface area contributed by atoms with Crippen LogP contribution in [0.2, 0.25) is 0 Å². The van der Waals surface area contributed by atoms with Gasteiger partial charge in [-0.25, -0.2) is 4.39 Å². The van der Waals surface area contributed by atoms with Gasteiger partial charge in [0, 0.05) is 0 Å². The van der Waals surface area contributed by atoms with Crippen LogP contribution in [0.3, 0.4) is 0 Å². The van der Waals surface area contributed by atoms with Crippen molar-refractivity contribution < 1.29 is 17.6 Å². The molecule has 0 aliphatic carbocycles. The van der Waals surface area contributed by atoms with E-state index in [1.54, 1.807) is 0 Å². The zero-order chi connectivity index (χ0) is 16.1. The first-order chi connectivity index (χ1) is 8.82. The summed E-state index contributed by atoms with van der Waals surface area (Å²) in [6.07, 6.45) is -1.38. The number of hydrogen-bond acceptors (Lipinski definition) is 0. The first-order valence-electron chi connectivity index (χ1n) is 6.59. The van der Waals surface area contributed by atoms with Gasteiger partial charge >= 0.3 is 6.18 Å². The van der Waals surface area contributed by atoms with Crippen LogP contribution in [0.4, 0.5) is 17.6 Å². The molecule has 0 saturated heterocycles. The third-order valence-corrected chi connectivity index (χ3v) is 1.81. The van der Waals surface area contributed by atoms with Crippen molar-refractivity contribution in [1.29, 1.82) is 0 Å². The van der Waals surface area contributed by atoms with Crippen molar-refractivity contribution in [2.45, 2.75) is 60.6 Å². The molecule has 0 radical (unpaired) electrons. The van der Waals surface area contributed by atoms with E-state index in [4.69, 9.17) is 0 Å². The van der Waals surface area contributed by atoms with Gasteiger partial charge in [-0.3, -0.25) is 0 Å². The van der Waals surface area contributed by atoms with Crippen molar-refractivity contribution in [1.82, 2.24) is 0 Å². The molecule has 0 spiro atoms. The summed E-state index contributed by atoms with van der Waals surface area (Å²) in [5, 5.41) is 0. The highest BCUT2D eigenvalue weighted by atomic mass is 19.4. The van der Waals surface area contributed by atoms with E-state index in [1.807, 2.05) is 34.6 Å². The second-order valence-electron chi connectivity index (χ2n) is 3.12. The minimum atomic E-state index is -4.65. The molecular formula is C15H26F4. The molecular weight excluding hydrogens is 256 g/mol. The highest BCUT2D eigenvalue weighted by molar-refractivity contribution is 5.33. The van der Waals surface area contributed by atoms with E-state index in [0.29, 0.717) is 18.4 Å². The van der Waals surface area contributed by atoms with Crippen molar-refractivity contribution in [3.8, 4) is 0 Å². The Morgan fingerprint density at radius 2 is 1.53 bits per heavy atom. The van der Waals surface area contributed by atoms with E-state index in [2.05, 4.69) is 6.58 Å². The maximum Gasteiger partial charge on any atom is 0.418 e. The smallest absolute Gasteiger partial charge is 0.211 e. The Kier molecular flexibility index (Phi) is 16.2. The zero-order valence-corrected chi connectivity index (χ0v) is 12.8. The summed E-state index contributed by atoms with van der Waals surface area (Å²) in [5.41, 5.74) is -0.840. The van der Waals surface area contributed by atoms with Gasteiger partial charge in [0.25, 0.3) is 0 Å². The average Bonchev–Trinajstić information content (AvgIpc) is 2.37. The molecule has 4 heteroatoms. The Bertz CT molecular complexity index is 279. The van der Waals surface area contributed by atoms with Crippen LogP contribution in [-0.2, 0) is 0 Å². The molecule has 0 N–H and O–H groups in total. The highest BCUT2D eigenvalue weighted by Gasteiger charge is 2.34. The lowest BCUT2D eigenvalue weighted by molar-refractivity contribution is -0.0900. The van der Waals surface area contributed by atoms with Crippen LogP contribution in [0.15, 0.2) is 35.7 Å². The second kappa shape index (κ2) is 13.4. The second-order valence-corrected chi connectivity index (χ2v) is 3.12. The summed E-state index contributed by atoms with van der Waals surface area (Å²) >= 11 is 0. The van der Waals surface area contributed by atoms with E-state index in [0.717, 1.165) is 13.0 Å². The summed E-state index contributed by atoms with van der Waals surface area (Å²) < 4.78 is 49.7. The van der Waals surface area contributed by atoms with Gasteiger partial charge in [0.15, 0.2) is 0 Å². The van der Waals surface area contributed by atoms with E-state index < -0.39 is 17.6 Å². The summed E-state index contributed by atoms with van der Waals surface area (Å²) in [5.74, 6) is -1.22. The summed E-state index contributed by atoms with van der Waals surface area (Å²) in [4.78, 5) is 0. The highest BCUT2D eigenvalue weighted by Crippen LogP contribution is 2.31. The molecule has 0 aromatic rings. The number of alkyl halides is 3. The zero-order valence-electron chi connectivity index (χ0n) is 12.8. The van der Waals surface area contributed by atoms with Crippen molar-refractivity contribution in [2.75, 3.05) is 0 Å².